The number of aryl methyl sites for hydroxylation is 1. The zero-order valence-corrected chi connectivity index (χ0v) is 11.6. The monoisotopic (exact) mass is 306 g/mol. The van der Waals surface area contributed by atoms with Crippen molar-refractivity contribution >= 4 is 34.6 Å². The van der Waals surface area contributed by atoms with Crippen LogP contribution in [-0.4, -0.2) is 21.9 Å². The predicted octanol–water partition coefficient (Wildman–Crippen LogP) is 2.92. The van der Waals surface area contributed by atoms with Gasteiger partial charge in [-0.1, -0.05) is 6.07 Å². The van der Waals surface area contributed by atoms with Crippen LogP contribution in [0.4, 0.5) is 11.4 Å². The predicted molar refractivity (Wildman–Crippen MR) is 77.1 cm³/mol. The average Bonchev–Trinajstić information content (AvgIpc) is 2.90. The Kier molecular flexibility index (Phi) is 3.99. The number of nitrogens with one attached hydrogen (secondary N) is 1. The van der Waals surface area contributed by atoms with Crippen LogP contribution in [0, 0.1) is 17.0 Å². The standard InChI is InChI=1S/C13H10N2O5S/c1-7-2-3-8(6-9(7)15(19)20)14-12(16)10-4-5-11(21-10)13(17)18/h2-6H,1H3,(H,14,16)(H,17,18). The van der Waals surface area contributed by atoms with E-state index in [4.69, 9.17) is 5.11 Å². The Morgan fingerprint density at radius 2 is 1.90 bits per heavy atom. The summed E-state index contributed by atoms with van der Waals surface area (Å²) in [6.45, 7) is 1.60. The van der Waals surface area contributed by atoms with E-state index in [2.05, 4.69) is 5.32 Å². The van der Waals surface area contributed by atoms with Gasteiger partial charge in [-0.05, 0) is 25.1 Å². The molecule has 2 aromatic rings. The van der Waals surface area contributed by atoms with Crippen LogP contribution in [0.2, 0.25) is 0 Å². The molecular weight excluding hydrogens is 296 g/mol. The Morgan fingerprint density at radius 3 is 2.48 bits per heavy atom. The van der Waals surface area contributed by atoms with Gasteiger partial charge in [0, 0.05) is 17.3 Å². The summed E-state index contributed by atoms with van der Waals surface area (Å²) in [5.74, 6) is -1.62. The molecule has 21 heavy (non-hydrogen) atoms. The molecule has 0 atom stereocenters. The smallest absolute Gasteiger partial charge is 0.345 e. The van der Waals surface area contributed by atoms with Crippen molar-refractivity contribution < 1.29 is 19.6 Å². The summed E-state index contributed by atoms with van der Waals surface area (Å²) in [6, 6.07) is 7.07. The number of nitrogens with zero attached hydrogens (tertiary/aromatic N) is 1. The van der Waals surface area contributed by atoms with Gasteiger partial charge in [-0.2, -0.15) is 0 Å². The molecule has 0 saturated heterocycles. The van der Waals surface area contributed by atoms with Gasteiger partial charge in [-0.25, -0.2) is 4.79 Å². The number of nitro groups is 1. The van der Waals surface area contributed by atoms with Gasteiger partial charge in [0.15, 0.2) is 0 Å². The average molecular weight is 306 g/mol. The molecule has 1 aromatic heterocycles. The van der Waals surface area contributed by atoms with Gasteiger partial charge in [0.1, 0.15) is 4.88 Å². The number of hydrogen-bond donors (Lipinski definition) is 2. The Balaban J connectivity index is 2.21. The van der Waals surface area contributed by atoms with Crippen LogP contribution in [-0.2, 0) is 0 Å². The third-order valence-corrected chi connectivity index (χ3v) is 3.78. The minimum atomic E-state index is -1.11. The number of hydrogen-bond acceptors (Lipinski definition) is 5. The molecular formula is C13H10N2O5S. The van der Waals surface area contributed by atoms with E-state index in [-0.39, 0.29) is 21.1 Å². The molecule has 108 valence electrons. The highest BCUT2D eigenvalue weighted by atomic mass is 32.1. The summed E-state index contributed by atoms with van der Waals surface area (Å²) in [4.78, 5) is 33.3. The SMILES string of the molecule is Cc1ccc(NC(=O)c2ccc(C(=O)O)s2)cc1[N+](=O)[O-]. The highest BCUT2D eigenvalue weighted by Gasteiger charge is 2.15. The van der Waals surface area contributed by atoms with Crippen molar-refractivity contribution in [3.8, 4) is 0 Å². The molecule has 2 rings (SSSR count). The molecule has 7 nitrogen and oxygen atoms in total. The van der Waals surface area contributed by atoms with Crippen molar-refractivity contribution in [3.05, 3.63) is 55.8 Å². The van der Waals surface area contributed by atoms with Gasteiger partial charge in [-0.3, -0.25) is 14.9 Å². The minimum Gasteiger partial charge on any atom is -0.477 e. The van der Waals surface area contributed by atoms with Gasteiger partial charge in [0.25, 0.3) is 11.6 Å². The van der Waals surface area contributed by atoms with E-state index in [1.807, 2.05) is 0 Å². The number of rotatable bonds is 4. The molecule has 0 bridgehead atoms. The van der Waals surface area contributed by atoms with Crippen LogP contribution < -0.4 is 5.32 Å². The molecule has 1 heterocycles. The lowest BCUT2D eigenvalue weighted by molar-refractivity contribution is -0.385. The van der Waals surface area contributed by atoms with Crippen molar-refractivity contribution in [1.29, 1.82) is 0 Å². The van der Waals surface area contributed by atoms with Crippen LogP contribution in [0.25, 0.3) is 0 Å². The first-order chi connectivity index (χ1) is 9.88. The summed E-state index contributed by atoms with van der Waals surface area (Å²) in [5, 5.41) is 22.1. The van der Waals surface area contributed by atoms with E-state index in [1.165, 1.54) is 24.3 Å². The first-order valence-electron chi connectivity index (χ1n) is 5.78. The number of anilines is 1. The largest absolute Gasteiger partial charge is 0.477 e. The third kappa shape index (κ3) is 3.23. The van der Waals surface area contributed by atoms with E-state index in [0.717, 1.165) is 11.3 Å². The molecule has 1 aromatic carbocycles. The van der Waals surface area contributed by atoms with Crippen molar-refractivity contribution in [3.63, 3.8) is 0 Å². The van der Waals surface area contributed by atoms with Gasteiger partial charge in [0.05, 0.1) is 9.80 Å². The van der Waals surface area contributed by atoms with Crippen LogP contribution in [0.15, 0.2) is 30.3 Å². The zero-order chi connectivity index (χ0) is 15.6. The van der Waals surface area contributed by atoms with Crippen molar-refractivity contribution in [2.45, 2.75) is 6.92 Å². The first-order valence-corrected chi connectivity index (χ1v) is 6.59. The van der Waals surface area contributed by atoms with Gasteiger partial charge < -0.3 is 10.4 Å². The molecule has 0 unspecified atom stereocenters. The summed E-state index contributed by atoms with van der Waals surface area (Å²) in [7, 11) is 0. The topological polar surface area (TPSA) is 110 Å². The number of carbonyl (C=O) groups is 2. The minimum absolute atomic E-state index is 0.0510. The molecule has 0 aliphatic heterocycles. The second kappa shape index (κ2) is 5.71. The van der Waals surface area contributed by atoms with Crippen LogP contribution >= 0.6 is 11.3 Å². The normalized spacial score (nSPS) is 10.1. The number of thiophene rings is 1. The van der Waals surface area contributed by atoms with Crippen LogP contribution in [0.3, 0.4) is 0 Å². The molecule has 0 spiro atoms. The van der Waals surface area contributed by atoms with Crippen molar-refractivity contribution in [2.24, 2.45) is 0 Å². The molecule has 0 aliphatic rings. The Hall–Kier alpha value is -2.74. The second-order valence-electron chi connectivity index (χ2n) is 4.18. The maximum atomic E-state index is 12.0. The van der Waals surface area contributed by atoms with E-state index in [0.29, 0.717) is 5.56 Å². The van der Waals surface area contributed by atoms with Crippen LogP contribution in [0.1, 0.15) is 24.9 Å². The quantitative estimate of drug-likeness (QED) is 0.666. The Labute approximate surface area is 123 Å². The summed E-state index contributed by atoms with van der Waals surface area (Å²) < 4.78 is 0. The maximum absolute atomic E-state index is 12.0. The van der Waals surface area contributed by atoms with E-state index >= 15 is 0 Å². The number of carboxylic acid groups (broad SMARTS) is 1. The maximum Gasteiger partial charge on any atom is 0.345 e. The Morgan fingerprint density at radius 1 is 1.24 bits per heavy atom. The third-order valence-electron chi connectivity index (χ3n) is 2.70. The second-order valence-corrected chi connectivity index (χ2v) is 5.27. The fraction of sp³-hybridized carbons (Fsp3) is 0.0769. The van der Waals surface area contributed by atoms with Gasteiger partial charge in [-0.15, -0.1) is 11.3 Å². The zero-order valence-electron chi connectivity index (χ0n) is 10.8. The fourth-order valence-electron chi connectivity index (χ4n) is 1.65. The first kappa shape index (κ1) is 14.7. The molecule has 0 saturated carbocycles. The number of carbonyl (C=O) groups excluding carboxylic acids is 1. The van der Waals surface area contributed by atoms with Gasteiger partial charge >= 0.3 is 5.97 Å². The number of aromatic carboxylic acids is 1. The summed E-state index contributed by atoms with van der Waals surface area (Å²) in [5.41, 5.74) is 0.676. The molecule has 2 N–H and O–H groups in total. The lowest BCUT2D eigenvalue weighted by Gasteiger charge is -2.04. The molecule has 0 radical (unpaired) electrons. The van der Waals surface area contributed by atoms with Crippen molar-refractivity contribution in [1.82, 2.24) is 0 Å². The van der Waals surface area contributed by atoms with E-state index < -0.39 is 16.8 Å². The highest BCUT2D eigenvalue weighted by molar-refractivity contribution is 7.15. The number of amides is 1. The summed E-state index contributed by atoms with van der Waals surface area (Å²) >= 11 is 0.837. The fourth-order valence-corrected chi connectivity index (χ4v) is 2.39. The number of nitro benzene ring substituents is 1. The summed E-state index contributed by atoms with van der Waals surface area (Å²) in [6.07, 6.45) is 0. The van der Waals surface area contributed by atoms with E-state index in [9.17, 15) is 19.7 Å². The van der Waals surface area contributed by atoms with Crippen molar-refractivity contribution in [2.75, 3.05) is 5.32 Å². The number of carboxylic acids is 1. The number of benzene rings is 1. The van der Waals surface area contributed by atoms with Crippen LogP contribution in [0.5, 0.6) is 0 Å². The molecule has 8 heteroatoms. The van der Waals surface area contributed by atoms with Gasteiger partial charge in [0.2, 0.25) is 0 Å². The Bertz CT molecular complexity index is 738. The molecule has 1 amide bonds. The molecule has 0 fully saturated rings. The van der Waals surface area contributed by atoms with E-state index in [1.54, 1.807) is 13.0 Å². The molecule has 0 aliphatic carbocycles. The highest BCUT2D eigenvalue weighted by Crippen LogP contribution is 2.24. The lowest BCUT2D eigenvalue weighted by Crippen LogP contribution is -2.10. The lowest BCUT2D eigenvalue weighted by atomic mass is 10.2.